The van der Waals surface area contributed by atoms with Gasteiger partial charge in [0.25, 0.3) is 10.1 Å². The summed E-state index contributed by atoms with van der Waals surface area (Å²) in [6.45, 7) is 5.79. The Balaban J connectivity index is 4.00. The lowest BCUT2D eigenvalue weighted by molar-refractivity contribution is 0.321. The third-order valence-corrected chi connectivity index (χ3v) is 4.71. The molecule has 0 saturated carbocycles. The van der Waals surface area contributed by atoms with Crippen molar-refractivity contribution < 1.29 is 27.6 Å². The fourth-order valence-electron chi connectivity index (χ4n) is 2.63. The maximum atomic E-state index is 11.8. The van der Waals surface area contributed by atoms with Crippen LogP contribution in [-0.4, -0.2) is 32.3 Å². The lowest BCUT2D eigenvalue weighted by Gasteiger charge is -2.24. The van der Waals surface area contributed by atoms with Crippen LogP contribution >= 0.6 is 0 Å². The van der Waals surface area contributed by atoms with Crippen LogP contribution in [0.4, 0.5) is 0 Å². The van der Waals surface area contributed by atoms with Gasteiger partial charge in [0.05, 0.1) is 14.2 Å². The van der Waals surface area contributed by atoms with Gasteiger partial charge in [0, 0.05) is 5.56 Å². The van der Waals surface area contributed by atoms with E-state index in [0.29, 0.717) is 29.7 Å². The van der Waals surface area contributed by atoms with E-state index in [1.54, 1.807) is 0 Å². The number of hydrogen-bond donors (Lipinski definition) is 2. The molecule has 6 nitrogen and oxygen atoms in total. The summed E-state index contributed by atoms with van der Waals surface area (Å²) in [5.41, 5.74) is 1.03. The molecule has 22 heavy (non-hydrogen) atoms. The van der Waals surface area contributed by atoms with Crippen LogP contribution in [0.1, 0.15) is 50.7 Å². The predicted molar refractivity (Wildman–Crippen MR) is 83.7 cm³/mol. The Morgan fingerprint density at radius 1 is 1.14 bits per heavy atom. The molecule has 1 aromatic rings. The highest BCUT2D eigenvalue weighted by Gasteiger charge is 2.32. The van der Waals surface area contributed by atoms with E-state index in [0.717, 1.165) is 6.42 Å². The molecule has 0 heterocycles. The Bertz CT molecular complexity index is 636. The summed E-state index contributed by atoms with van der Waals surface area (Å²) in [5, 5.41) is 10.3. The largest absolute Gasteiger partial charge is 0.503 e. The van der Waals surface area contributed by atoms with Crippen LogP contribution in [0.3, 0.4) is 0 Å². The fraction of sp³-hybridized carbons (Fsp3) is 0.600. The molecular formula is C15H24O6S. The second-order valence-corrected chi connectivity index (χ2v) is 6.53. The van der Waals surface area contributed by atoms with Crippen molar-refractivity contribution in [1.82, 2.24) is 0 Å². The molecule has 0 aliphatic carbocycles. The second-order valence-electron chi connectivity index (χ2n) is 5.17. The first kappa shape index (κ1) is 18.6. The molecule has 0 aliphatic heterocycles. The van der Waals surface area contributed by atoms with Gasteiger partial charge in [-0.1, -0.05) is 27.2 Å². The smallest absolute Gasteiger partial charge is 0.298 e. The van der Waals surface area contributed by atoms with Crippen molar-refractivity contribution in [3.8, 4) is 17.2 Å². The summed E-state index contributed by atoms with van der Waals surface area (Å²) in [5.74, 6) is -0.403. The Morgan fingerprint density at radius 3 is 2.05 bits per heavy atom. The minimum Gasteiger partial charge on any atom is -0.503 e. The van der Waals surface area contributed by atoms with Crippen molar-refractivity contribution >= 4 is 10.1 Å². The standard InChI is InChI=1S/C15H24O6S/c1-6-8-10-11(9(3)7-2)13(20-4)14(21-5)12(16)15(10)22(17,18)19/h9,16H,6-8H2,1-5H3,(H,17,18,19). The molecule has 126 valence electrons. The first-order chi connectivity index (χ1) is 10.2. The topological polar surface area (TPSA) is 93.1 Å². The highest BCUT2D eigenvalue weighted by atomic mass is 32.2. The Kier molecular flexibility index (Phi) is 6.08. The molecule has 1 atom stereocenters. The SMILES string of the molecule is CCCc1c(C(C)CC)c(OC)c(OC)c(O)c1S(=O)(=O)O. The quantitative estimate of drug-likeness (QED) is 0.745. The van der Waals surface area contributed by atoms with E-state index >= 15 is 0 Å². The summed E-state index contributed by atoms with van der Waals surface area (Å²) in [6.07, 6.45) is 1.79. The third-order valence-electron chi connectivity index (χ3n) is 3.75. The summed E-state index contributed by atoms with van der Waals surface area (Å²) in [6, 6.07) is 0. The normalized spacial score (nSPS) is 13.0. The van der Waals surface area contributed by atoms with Gasteiger partial charge in [0.15, 0.2) is 11.5 Å². The molecule has 1 aromatic carbocycles. The van der Waals surface area contributed by atoms with Crippen molar-refractivity contribution in [3.63, 3.8) is 0 Å². The van der Waals surface area contributed by atoms with E-state index < -0.39 is 20.8 Å². The van der Waals surface area contributed by atoms with Crippen LogP contribution in [0.15, 0.2) is 4.90 Å². The summed E-state index contributed by atoms with van der Waals surface area (Å²) >= 11 is 0. The van der Waals surface area contributed by atoms with Crippen LogP contribution in [0.5, 0.6) is 17.2 Å². The fourth-order valence-corrected chi connectivity index (χ4v) is 3.49. The molecule has 0 aliphatic rings. The molecule has 0 spiro atoms. The van der Waals surface area contributed by atoms with Crippen molar-refractivity contribution in [1.29, 1.82) is 0 Å². The average Bonchev–Trinajstić information content (AvgIpc) is 2.44. The molecule has 0 radical (unpaired) electrons. The third kappa shape index (κ3) is 3.30. The zero-order valence-electron chi connectivity index (χ0n) is 13.6. The van der Waals surface area contributed by atoms with Gasteiger partial charge in [-0.05, 0) is 24.3 Å². The van der Waals surface area contributed by atoms with Gasteiger partial charge in [0.2, 0.25) is 5.75 Å². The number of aromatic hydroxyl groups is 1. The van der Waals surface area contributed by atoms with Crippen molar-refractivity contribution in [2.75, 3.05) is 14.2 Å². The van der Waals surface area contributed by atoms with Crippen LogP contribution in [0.25, 0.3) is 0 Å². The molecule has 0 saturated heterocycles. The van der Waals surface area contributed by atoms with Gasteiger partial charge in [-0.2, -0.15) is 8.42 Å². The Hall–Kier alpha value is -1.47. The predicted octanol–water partition coefficient (Wildman–Crippen LogP) is 3.12. The summed E-state index contributed by atoms with van der Waals surface area (Å²) in [7, 11) is -1.85. The van der Waals surface area contributed by atoms with Gasteiger partial charge in [-0.3, -0.25) is 4.55 Å². The lowest BCUT2D eigenvalue weighted by atomic mass is 9.89. The second kappa shape index (κ2) is 7.19. The molecule has 1 rings (SSSR count). The molecule has 0 aromatic heterocycles. The maximum absolute atomic E-state index is 11.8. The van der Waals surface area contributed by atoms with Crippen LogP contribution in [-0.2, 0) is 16.5 Å². The van der Waals surface area contributed by atoms with Gasteiger partial charge in [-0.25, -0.2) is 0 Å². The van der Waals surface area contributed by atoms with Gasteiger partial charge in [0.1, 0.15) is 4.90 Å². The minimum absolute atomic E-state index is 0.0218. The van der Waals surface area contributed by atoms with Gasteiger partial charge in [-0.15, -0.1) is 0 Å². The van der Waals surface area contributed by atoms with E-state index in [4.69, 9.17) is 9.47 Å². The maximum Gasteiger partial charge on any atom is 0.298 e. The van der Waals surface area contributed by atoms with Crippen molar-refractivity contribution in [2.24, 2.45) is 0 Å². The zero-order valence-corrected chi connectivity index (χ0v) is 14.5. The number of benzene rings is 1. The van der Waals surface area contributed by atoms with Crippen LogP contribution < -0.4 is 9.47 Å². The van der Waals surface area contributed by atoms with Gasteiger partial charge >= 0.3 is 0 Å². The first-order valence-corrected chi connectivity index (χ1v) is 8.65. The van der Waals surface area contributed by atoms with E-state index in [1.807, 2.05) is 20.8 Å². The van der Waals surface area contributed by atoms with E-state index in [9.17, 15) is 18.1 Å². The molecule has 7 heteroatoms. The number of phenols is 1. The zero-order chi connectivity index (χ0) is 17.1. The number of ether oxygens (including phenoxy) is 2. The van der Waals surface area contributed by atoms with E-state index in [2.05, 4.69) is 0 Å². The summed E-state index contributed by atoms with van der Waals surface area (Å²) in [4.78, 5) is -0.484. The van der Waals surface area contributed by atoms with Gasteiger partial charge < -0.3 is 14.6 Å². The first-order valence-electron chi connectivity index (χ1n) is 7.21. The highest BCUT2D eigenvalue weighted by Crippen LogP contribution is 2.49. The Labute approximate surface area is 131 Å². The van der Waals surface area contributed by atoms with E-state index in [1.165, 1.54) is 14.2 Å². The average molecular weight is 332 g/mol. The highest BCUT2D eigenvalue weighted by molar-refractivity contribution is 7.86. The summed E-state index contributed by atoms with van der Waals surface area (Å²) < 4.78 is 43.6. The molecule has 1 unspecified atom stereocenters. The number of phenolic OH excluding ortho intramolecular Hbond substituents is 1. The van der Waals surface area contributed by atoms with Crippen molar-refractivity contribution in [3.05, 3.63) is 11.1 Å². The number of rotatable bonds is 7. The molecule has 0 fully saturated rings. The molecule has 0 bridgehead atoms. The number of hydrogen-bond acceptors (Lipinski definition) is 5. The monoisotopic (exact) mass is 332 g/mol. The molecular weight excluding hydrogens is 308 g/mol. The van der Waals surface area contributed by atoms with E-state index in [-0.39, 0.29) is 11.7 Å². The van der Waals surface area contributed by atoms with Crippen LogP contribution in [0.2, 0.25) is 0 Å². The molecule has 2 N–H and O–H groups in total. The van der Waals surface area contributed by atoms with Crippen LogP contribution in [0, 0.1) is 0 Å². The molecule has 0 amide bonds. The number of methoxy groups -OCH3 is 2. The van der Waals surface area contributed by atoms with Crippen molar-refractivity contribution in [2.45, 2.75) is 50.8 Å². The minimum atomic E-state index is -4.59. The Morgan fingerprint density at radius 2 is 1.68 bits per heavy atom. The lowest BCUT2D eigenvalue weighted by Crippen LogP contribution is -2.12.